The van der Waals surface area contributed by atoms with E-state index < -0.39 is 11.7 Å². The summed E-state index contributed by atoms with van der Waals surface area (Å²) in [7, 11) is 0. The second-order valence-electron chi connectivity index (χ2n) is 6.61. The quantitative estimate of drug-likeness (QED) is 0.759. The van der Waals surface area contributed by atoms with Gasteiger partial charge in [0.05, 0.1) is 17.5 Å². The zero-order valence-corrected chi connectivity index (χ0v) is 17.0. The first-order valence-electron chi connectivity index (χ1n) is 9.84. The minimum atomic E-state index is -0.666. The van der Waals surface area contributed by atoms with E-state index in [9.17, 15) is 8.78 Å². The Labute approximate surface area is 174 Å². The molecule has 0 aromatic carbocycles. The Kier molecular flexibility index (Phi) is 7.83. The maximum absolute atomic E-state index is 14.1. The van der Waals surface area contributed by atoms with Crippen molar-refractivity contribution in [2.24, 2.45) is 11.5 Å². The first kappa shape index (κ1) is 22.8. The first-order chi connectivity index (χ1) is 14.5. The number of rotatable bonds is 3. The monoisotopic (exact) mass is 410 g/mol. The van der Waals surface area contributed by atoms with E-state index in [1.165, 1.54) is 18.3 Å². The molecule has 1 aromatic rings. The highest BCUT2D eigenvalue weighted by Gasteiger charge is 2.25. The van der Waals surface area contributed by atoms with Crippen LogP contribution in [0.2, 0.25) is 0 Å². The van der Waals surface area contributed by atoms with Gasteiger partial charge in [0.15, 0.2) is 11.4 Å². The van der Waals surface area contributed by atoms with Gasteiger partial charge in [0.2, 0.25) is 0 Å². The van der Waals surface area contributed by atoms with Crippen LogP contribution in [0.3, 0.4) is 0 Å². The Bertz CT molecular complexity index is 1020. The van der Waals surface area contributed by atoms with E-state index >= 15 is 0 Å². The number of allylic oxidation sites excluding steroid dienone is 6. The molecule has 0 spiro atoms. The van der Waals surface area contributed by atoms with Gasteiger partial charge in [-0.3, -0.25) is 0 Å². The standard InChI is InChI=1S/C20H18F2N6.C2H6/c21-13-5-2-6-14(22)19(13)15(25)7-11-3-1-4-12(20(11)26)18-10-27-16(8-23)17(9-24)28-18;1-2/h5,7,10,12H,1-4,6,25-26H2;1-2H3/b15-7-;. The highest BCUT2D eigenvalue weighted by Crippen LogP contribution is 2.36. The Morgan fingerprint density at radius 3 is 2.53 bits per heavy atom. The van der Waals surface area contributed by atoms with Gasteiger partial charge >= 0.3 is 0 Å². The minimum Gasteiger partial charge on any atom is -0.401 e. The minimum absolute atomic E-state index is 0.00632. The van der Waals surface area contributed by atoms with Crippen molar-refractivity contribution in [3.05, 3.63) is 69.6 Å². The maximum Gasteiger partial charge on any atom is 0.177 e. The highest BCUT2D eigenvalue weighted by molar-refractivity contribution is 5.49. The van der Waals surface area contributed by atoms with Gasteiger partial charge in [-0.2, -0.15) is 10.5 Å². The lowest BCUT2D eigenvalue weighted by molar-refractivity contribution is 0.543. The normalized spacial score (nSPS) is 19.3. The lowest BCUT2D eigenvalue weighted by atomic mass is 9.84. The fourth-order valence-electron chi connectivity index (χ4n) is 3.45. The fraction of sp³-hybridized carbons (Fsp3) is 0.364. The summed E-state index contributed by atoms with van der Waals surface area (Å²) in [6, 6.07) is 3.68. The molecule has 1 unspecified atom stereocenters. The third kappa shape index (κ3) is 4.72. The zero-order chi connectivity index (χ0) is 22.3. The van der Waals surface area contributed by atoms with Gasteiger partial charge in [0.25, 0.3) is 0 Å². The summed E-state index contributed by atoms with van der Waals surface area (Å²) in [4.78, 5) is 8.19. The first-order valence-corrected chi connectivity index (χ1v) is 9.84. The average Bonchev–Trinajstić information content (AvgIpc) is 2.76. The lowest BCUT2D eigenvalue weighted by Crippen LogP contribution is -2.19. The lowest BCUT2D eigenvalue weighted by Gasteiger charge is -2.25. The molecule has 4 N–H and O–H groups in total. The molecule has 0 bridgehead atoms. The summed E-state index contributed by atoms with van der Waals surface area (Å²) in [5, 5.41) is 18.1. The Morgan fingerprint density at radius 2 is 1.90 bits per heavy atom. The molecule has 3 rings (SSSR count). The molecule has 8 heteroatoms. The van der Waals surface area contributed by atoms with Gasteiger partial charge < -0.3 is 11.5 Å². The molecule has 156 valence electrons. The Morgan fingerprint density at radius 1 is 1.20 bits per heavy atom. The molecular formula is C22H24F2N6. The van der Waals surface area contributed by atoms with Crippen LogP contribution in [0.5, 0.6) is 0 Å². The van der Waals surface area contributed by atoms with Crippen LogP contribution in [0, 0.1) is 22.7 Å². The van der Waals surface area contributed by atoms with Gasteiger partial charge in [0.1, 0.15) is 23.8 Å². The predicted octanol–water partition coefficient (Wildman–Crippen LogP) is 4.44. The van der Waals surface area contributed by atoms with Crippen LogP contribution in [0.1, 0.15) is 69.0 Å². The van der Waals surface area contributed by atoms with Crippen molar-refractivity contribution in [3.63, 3.8) is 0 Å². The Balaban J connectivity index is 0.00000155. The number of nitrogens with zero attached hydrogens (tertiary/aromatic N) is 4. The van der Waals surface area contributed by atoms with Crippen LogP contribution in [-0.2, 0) is 0 Å². The number of nitriles is 2. The van der Waals surface area contributed by atoms with Crippen molar-refractivity contribution >= 4 is 0 Å². The van der Waals surface area contributed by atoms with E-state index in [1.54, 1.807) is 0 Å². The van der Waals surface area contributed by atoms with Gasteiger partial charge in [-0.15, -0.1) is 0 Å². The molecule has 6 nitrogen and oxygen atoms in total. The number of nitrogens with two attached hydrogens (primary N) is 2. The summed E-state index contributed by atoms with van der Waals surface area (Å²) in [5.74, 6) is -1.55. The number of halogens is 2. The summed E-state index contributed by atoms with van der Waals surface area (Å²) < 4.78 is 28.1. The second-order valence-corrected chi connectivity index (χ2v) is 6.61. The number of hydrogen-bond acceptors (Lipinski definition) is 6. The van der Waals surface area contributed by atoms with Gasteiger partial charge in [0, 0.05) is 23.7 Å². The molecule has 1 aromatic heterocycles. The summed E-state index contributed by atoms with van der Waals surface area (Å²) in [6.45, 7) is 4.00. The van der Waals surface area contributed by atoms with Gasteiger partial charge in [-0.1, -0.05) is 13.8 Å². The predicted molar refractivity (Wildman–Crippen MR) is 109 cm³/mol. The van der Waals surface area contributed by atoms with Crippen LogP contribution in [0.25, 0.3) is 0 Å². The molecule has 1 heterocycles. The number of hydrogen-bond donors (Lipinski definition) is 2. The smallest absolute Gasteiger partial charge is 0.177 e. The van der Waals surface area contributed by atoms with Crippen molar-refractivity contribution in [2.75, 3.05) is 0 Å². The molecule has 2 aliphatic carbocycles. The van der Waals surface area contributed by atoms with E-state index in [1.807, 2.05) is 26.0 Å². The van der Waals surface area contributed by atoms with Crippen LogP contribution < -0.4 is 11.5 Å². The summed E-state index contributed by atoms with van der Waals surface area (Å²) in [6.07, 6.45) is 6.73. The molecule has 30 heavy (non-hydrogen) atoms. The number of aromatic nitrogens is 2. The van der Waals surface area contributed by atoms with E-state index in [2.05, 4.69) is 9.97 Å². The molecule has 0 fully saturated rings. The van der Waals surface area contributed by atoms with Crippen molar-refractivity contribution in [1.29, 1.82) is 10.5 Å². The van der Waals surface area contributed by atoms with E-state index in [0.717, 1.165) is 6.42 Å². The molecule has 1 atom stereocenters. The van der Waals surface area contributed by atoms with E-state index in [-0.39, 0.29) is 35.0 Å². The third-order valence-electron chi connectivity index (χ3n) is 4.86. The van der Waals surface area contributed by atoms with Gasteiger partial charge in [-0.25, -0.2) is 18.7 Å². The largest absolute Gasteiger partial charge is 0.401 e. The van der Waals surface area contributed by atoms with Crippen molar-refractivity contribution in [1.82, 2.24) is 9.97 Å². The molecule has 0 amide bonds. The van der Waals surface area contributed by atoms with Crippen LogP contribution in [-0.4, -0.2) is 9.97 Å². The molecule has 2 aliphatic rings. The molecule has 0 aliphatic heterocycles. The highest BCUT2D eigenvalue weighted by atomic mass is 19.1. The van der Waals surface area contributed by atoms with E-state index in [0.29, 0.717) is 36.2 Å². The maximum atomic E-state index is 14.1. The van der Waals surface area contributed by atoms with Crippen LogP contribution in [0.15, 0.2) is 52.5 Å². The topological polar surface area (TPSA) is 125 Å². The van der Waals surface area contributed by atoms with Crippen molar-refractivity contribution in [3.8, 4) is 12.1 Å². The second kappa shape index (κ2) is 10.3. The Hall–Kier alpha value is -3.52. The summed E-state index contributed by atoms with van der Waals surface area (Å²) in [5.41, 5.74) is 13.6. The molecular weight excluding hydrogens is 386 g/mol. The average molecular weight is 410 g/mol. The molecule has 0 radical (unpaired) electrons. The van der Waals surface area contributed by atoms with Crippen LogP contribution >= 0.6 is 0 Å². The third-order valence-corrected chi connectivity index (χ3v) is 4.86. The van der Waals surface area contributed by atoms with Crippen LogP contribution in [0.4, 0.5) is 8.78 Å². The molecule has 0 saturated carbocycles. The van der Waals surface area contributed by atoms with E-state index in [4.69, 9.17) is 22.0 Å². The fourth-order valence-corrected chi connectivity index (χ4v) is 3.45. The van der Waals surface area contributed by atoms with Crippen molar-refractivity contribution in [2.45, 2.75) is 51.9 Å². The summed E-state index contributed by atoms with van der Waals surface area (Å²) >= 11 is 0. The zero-order valence-electron chi connectivity index (χ0n) is 17.0. The SMILES string of the molecule is CC.N#Cc1ncc(C2CCCC(/C=C(\N)C3=C(F)CCC=C3F)=C2N)nc1C#N. The van der Waals surface area contributed by atoms with Gasteiger partial charge in [-0.05, 0) is 43.4 Å². The molecule has 0 saturated heterocycles. The van der Waals surface area contributed by atoms with Crippen molar-refractivity contribution < 1.29 is 8.78 Å².